The van der Waals surface area contributed by atoms with Gasteiger partial charge in [0.2, 0.25) is 0 Å². The minimum atomic E-state index is 0.205. The van der Waals surface area contributed by atoms with Gasteiger partial charge in [-0.3, -0.25) is 4.90 Å². The zero-order valence-corrected chi connectivity index (χ0v) is 6.16. The van der Waals surface area contributed by atoms with E-state index in [0.717, 1.165) is 19.4 Å². The van der Waals surface area contributed by atoms with Crippen molar-refractivity contribution in [3.05, 3.63) is 0 Å². The van der Waals surface area contributed by atoms with Crippen LogP contribution in [0.3, 0.4) is 0 Å². The van der Waals surface area contributed by atoms with Gasteiger partial charge in [-0.2, -0.15) is 0 Å². The van der Waals surface area contributed by atoms with Crippen molar-refractivity contribution in [2.24, 2.45) is 0 Å². The molecule has 0 saturated carbocycles. The van der Waals surface area contributed by atoms with E-state index in [4.69, 9.17) is 10.2 Å². The average molecular weight is 145 g/mol. The summed E-state index contributed by atoms with van der Waals surface area (Å²) in [5, 5.41) is 17.5. The summed E-state index contributed by atoms with van der Waals surface area (Å²) in [5.74, 6) is 0. The van der Waals surface area contributed by atoms with Crippen molar-refractivity contribution in [3.8, 4) is 0 Å². The summed E-state index contributed by atoms with van der Waals surface area (Å²) < 4.78 is 0. The van der Waals surface area contributed by atoms with Gasteiger partial charge < -0.3 is 10.2 Å². The van der Waals surface area contributed by atoms with Gasteiger partial charge in [0.1, 0.15) is 0 Å². The molecule has 1 rings (SSSR count). The standard InChI is InChI=1S/C7H15NO2/c9-5-4-8-3-1-2-7(8)6-10/h7,9-10H,1-6H2. The SMILES string of the molecule is OCCN1CCCC1CO. The maximum absolute atomic E-state index is 8.84. The van der Waals surface area contributed by atoms with Gasteiger partial charge in [0.25, 0.3) is 0 Å². The van der Waals surface area contributed by atoms with E-state index in [9.17, 15) is 0 Å². The Balaban J connectivity index is 2.27. The van der Waals surface area contributed by atoms with E-state index < -0.39 is 0 Å². The lowest BCUT2D eigenvalue weighted by molar-refractivity contribution is 0.134. The molecule has 10 heavy (non-hydrogen) atoms. The Morgan fingerprint density at radius 1 is 1.40 bits per heavy atom. The first-order chi connectivity index (χ1) is 4.88. The molecule has 1 saturated heterocycles. The summed E-state index contributed by atoms with van der Waals surface area (Å²) in [4.78, 5) is 2.14. The summed E-state index contributed by atoms with van der Waals surface area (Å²) in [6, 6.07) is 0.312. The number of hydrogen-bond donors (Lipinski definition) is 2. The van der Waals surface area contributed by atoms with Crippen LogP contribution in [0.25, 0.3) is 0 Å². The van der Waals surface area contributed by atoms with Gasteiger partial charge in [0.05, 0.1) is 13.2 Å². The summed E-state index contributed by atoms with van der Waals surface area (Å²) in [6.07, 6.45) is 2.24. The predicted octanol–water partition coefficient (Wildman–Crippen LogP) is -0.565. The van der Waals surface area contributed by atoms with E-state index in [1.54, 1.807) is 0 Å². The van der Waals surface area contributed by atoms with Crippen LogP contribution in [0.4, 0.5) is 0 Å². The number of nitrogens with zero attached hydrogens (tertiary/aromatic N) is 1. The highest BCUT2D eigenvalue weighted by molar-refractivity contribution is 4.77. The molecule has 2 N–H and O–H groups in total. The molecule has 1 fully saturated rings. The van der Waals surface area contributed by atoms with Gasteiger partial charge >= 0.3 is 0 Å². The van der Waals surface area contributed by atoms with Crippen LogP contribution in [0.15, 0.2) is 0 Å². The Morgan fingerprint density at radius 2 is 2.20 bits per heavy atom. The van der Waals surface area contributed by atoms with Crippen molar-refractivity contribution in [1.82, 2.24) is 4.90 Å². The quantitative estimate of drug-likeness (QED) is 0.559. The number of aliphatic hydroxyl groups is 2. The van der Waals surface area contributed by atoms with Gasteiger partial charge in [0, 0.05) is 12.6 Å². The molecule has 0 radical (unpaired) electrons. The first kappa shape index (κ1) is 7.98. The Labute approximate surface area is 61.3 Å². The summed E-state index contributed by atoms with van der Waals surface area (Å²) in [6.45, 7) is 2.19. The van der Waals surface area contributed by atoms with Crippen molar-refractivity contribution in [2.75, 3.05) is 26.3 Å². The maximum Gasteiger partial charge on any atom is 0.0586 e. The summed E-state index contributed by atoms with van der Waals surface area (Å²) >= 11 is 0. The third-order valence-electron chi connectivity index (χ3n) is 2.10. The summed E-state index contributed by atoms with van der Waals surface area (Å²) in [5.41, 5.74) is 0. The first-order valence-electron chi connectivity index (χ1n) is 3.84. The van der Waals surface area contributed by atoms with Gasteiger partial charge in [-0.15, -0.1) is 0 Å². The molecule has 0 spiro atoms. The van der Waals surface area contributed by atoms with E-state index in [2.05, 4.69) is 4.90 Å². The monoisotopic (exact) mass is 145 g/mol. The van der Waals surface area contributed by atoms with Crippen molar-refractivity contribution in [2.45, 2.75) is 18.9 Å². The first-order valence-corrected chi connectivity index (χ1v) is 3.84. The average Bonchev–Trinajstić information content (AvgIpc) is 2.36. The number of rotatable bonds is 3. The molecule has 1 aliphatic rings. The molecule has 0 aromatic rings. The van der Waals surface area contributed by atoms with Crippen LogP contribution in [0.5, 0.6) is 0 Å². The minimum absolute atomic E-state index is 0.205. The fourth-order valence-corrected chi connectivity index (χ4v) is 1.52. The van der Waals surface area contributed by atoms with Gasteiger partial charge in [-0.05, 0) is 19.4 Å². The van der Waals surface area contributed by atoms with Crippen LogP contribution in [-0.2, 0) is 0 Å². The fourth-order valence-electron chi connectivity index (χ4n) is 1.52. The van der Waals surface area contributed by atoms with Crippen LogP contribution in [-0.4, -0.2) is 47.5 Å². The van der Waals surface area contributed by atoms with Crippen molar-refractivity contribution in [1.29, 1.82) is 0 Å². The molecule has 0 aromatic carbocycles. The third kappa shape index (κ3) is 1.68. The molecule has 0 aromatic heterocycles. The Morgan fingerprint density at radius 3 is 2.80 bits per heavy atom. The fraction of sp³-hybridized carbons (Fsp3) is 1.00. The third-order valence-corrected chi connectivity index (χ3v) is 2.10. The zero-order chi connectivity index (χ0) is 7.40. The molecule has 0 aliphatic carbocycles. The van der Waals surface area contributed by atoms with Gasteiger partial charge in [-0.1, -0.05) is 0 Å². The van der Waals surface area contributed by atoms with Crippen molar-refractivity contribution in [3.63, 3.8) is 0 Å². The second kappa shape index (κ2) is 3.91. The normalized spacial score (nSPS) is 27.6. The molecule has 1 heterocycles. The van der Waals surface area contributed by atoms with Crippen molar-refractivity contribution >= 4 is 0 Å². The Kier molecular flexibility index (Phi) is 3.12. The van der Waals surface area contributed by atoms with Crippen LogP contribution >= 0.6 is 0 Å². The van der Waals surface area contributed by atoms with E-state index in [-0.39, 0.29) is 13.2 Å². The van der Waals surface area contributed by atoms with E-state index in [1.807, 2.05) is 0 Å². The molecule has 0 bridgehead atoms. The minimum Gasteiger partial charge on any atom is -0.395 e. The molecule has 1 unspecified atom stereocenters. The highest BCUT2D eigenvalue weighted by atomic mass is 16.3. The topological polar surface area (TPSA) is 43.7 Å². The zero-order valence-electron chi connectivity index (χ0n) is 6.16. The number of aliphatic hydroxyl groups excluding tert-OH is 2. The van der Waals surface area contributed by atoms with Crippen molar-refractivity contribution < 1.29 is 10.2 Å². The molecular formula is C7H15NO2. The largest absolute Gasteiger partial charge is 0.395 e. The maximum atomic E-state index is 8.84. The molecule has 3 heteroatoms. The van der Waals surface area contributed by atoms with E-state index in [1.165, 1.54) is 0 Å². The highest BCUT2D eigenvalue weighted by Gasteiger charge is 2.22. The van der Waals surface area contributed by atoms with Crippen LogP contribution in [0.2, 0.25) is 0 Å². The van der Waals surface area contributed by atoms with Crippen LogP contribution in [0, 0.1) is 0 Å². The molecule has 0 amide bonds. The predicted molar refractivity (Wildman–Crippen MR) is 38.8 cm³/mol. The Hall–Kier alpha value is -0.120. The van der Waals surface area contributed by atoms with E-state index >= 15 is 0 Å². The second-order valence-electron chi connectivity index (χ2n) is 2.74. The lowest BCUT2D eigenvalue weighted by Crippen LogP contribution is -2.34. The second-order valence-corrected chi connectivity index (χ2v) is 2.74. The number of hydrogen-bond acceptors (Lipinski definition) is 3. The van der Waals surface area contributed by atoms with Gasteiger partial charge in [0.15, 0.2) is 0 Å². The lowest BCUT2D eigenvalue weighted by Gasteiger charge is -2.20. The molecule has 1 aliphatic heterocycles. The molecule has 1 atom stereocenters. The number of likely N-dealkylation sites (tertiary alicyclic amines) is 1. The Bertz CT molecular complexity index is 97.6. The lowest BCUT2D eigenvalue weighted by atomic mass is 10.2. The van der Waals surface area contributed by atoms with Gasteiger partial charge in [-0.25, -0.2) is 0 Å². The van der Waals surface area contributed by atoms with Crippen LogP contribution < -0.4 is 0 Å². The van der Waals surface area contributed by atoms with E-state index in [0.29, 0.717) is 12.6 Å². The van der Waals surface area contributed by atoms with Crippen LogP contribution in [0.1, 0.15) is 12.8 Å². The molecule has 3 nitrogen and oxygen atoms in total. The smallest absolute Gasteiger partial charge is 0.0586 e. The molecular weight excluding hydrogens is 130 g/mol. The molecule has 60 valence electrons. The summed E-state index contributed by atoms with van der Waals surface area (Å²) in [7, 11) is 0. The highest BCUT2D eigenvalue weighted by Crippen LogP contribution is 2.15. The number of β-amino-alcohol motifs (C(OH)–C–C–N with tert-alkyl or cyclic N) is 1.